The zero-order chi connectivity index (χ0) is 20.1. The first-order valence-electron chi connectivity index (χ1n) is 10.0. The van der Waals surface area contributed by atoms with Gasteiger partial charge in [-0.25, -0.2) is 4.79 Å². The molecule has 146 valence electrons. The fraction of sp³-hybridized carbons (Fsp3) is 0.417. The van der Waals surface area contributed by atoms with Crippen molar-refractivity contribution < 1.29 is 9.59 Å². The number of benzene rings is 2. The number of rotatable bonds is 3. The molecule has 1 fully saturated rings. The quantitative estimate of drug-likeness (QED) is 0.805. The highest BCUT2D eigenvalue weighted by Gasteiger charge is 2.49. The van der Waals surface area contributed by atoms with Crippen molar-refractivity contribution in [2.75, 3.05) is 0 Å². The lowest BCUT2D eigenvalue weighted by molar-refractivity contribution is -0.131. The average Bonchev–Trinajstić information content (AvgIpc) is 3.20. The predicted octanol–water partition coefficient (Wildman–Crippen LogP) is 4.44. The van der Waals surface area contributed by atoms with Gasteiger partial charge in [-0.1, -0.05) is 63.2 Å². The van der Waals surface area contributed by atoms with Crippen LogP contribution in [0, 0.1) is 0 Å². The van der Waals surface area contributed by atoms with Gasteiger partial charge in [0.1, 0.15) is 5.54 Å². The first-order valence-corrected chi connectivity index (χ1v) is 10.0. The summed E-state index contributed by atoms with van der Waals surface area (Å²) in [5, 5.41) is 2.93. The van der Waals surface area contributed by atoms with Gasteiger partial charge in [0.05, 0.1) is 6.54 Å². The molecule has 28 heavy (non-hydrogen) atoms. The van der Waals surface area contributed by atoms with Gasteiger partial charge in [0.25, 0.3) is 5.91 Å². The largest absolute Gasteiger partial charge is 0.325 e. The monoisotopic (exact) mass is 376 g/mol. The molecule has 2 aromatic carbocycles. The molecule has 1 atom stereocenters. The number of hydrogen-bond acceptors (Lipinski definition) is 2. The van der Waals surface area contributed by atoms with E-state index in [0.29, 0.717) is 0 Å². The Balaban J connectivity index is 1.57. The van der Waals surface area contributed by atoms with Crippen LogP contribution >= 0.6 is 0 Å². The van der Waals surface area contributed by atoms with Crippen LogP contribution < -0.4 is 5.32 Å². The molecule has 2 aromatic rings. The van der Waals surface area contributed by atoms with Gasteiger partial charge < -0.3 is 5.32 Å². The second-order valence-corrected chi connectivity index (χ2v) is 9.23. The van der Waals surface area contributed by atoms with Gasteiger partial charge in [0, 0.05) is 0 Å². The molecule has 1 aliphatic carbocycles. The number of nitrogens with zero attached hydrogens (tertiary/aromatic N) is 1. The molecular weight excluding hydrogens is 348 g/mol. The highest BCUT2D eigenvalue weighted by molar-refractivity contribution is 6.07. The first-order chi connectivity index (χ1) is 13.2. The third-order valence-corrected chi connectivity index (χ3v) is 6.11. The van der Waals surface area contributed by atoms with Crippen LogP contribution in [0.4, 0.5) is 4.79 Å². The number of fused-ring (bicyclic) bond motifs is 1. The Kier molecular flexibility index (Phi) is 4.33. The lowest BCUT2D eigenvalue weighted by Gasteiger charge is -2.23. The lowest BCUT2D eigenvalue weighted by atomic mass is 9.86. The Morgan fingerprint density at radius 2 is 1.68 bits per heavy atom. The number of aryl methyl sites for hydroxylation is 2. The van der Waals surface area contributed by atoms with Crippen LogP contribution in [0.3, 0.4) is 0 Å². The van der Waals surface area contributed by atoms with Crippen molar-refractivity contribution in [2.45, 2.75) is 64.5 Å². The highest BCUT2D eigenvalue weighted by atomic mass is 16.2. The van der Waals surface area contributed by atoms with E-state index in [1.54, 1.807) is 0 Å². The van der Waals surface area contributed by atoms with E-state index in [9.17, 15) is 9.59 Å². The molecule has 2 aliphatic rings. The highest BCUT2D eigenvalue weighted by Crippen LogP contribution is 2.33. The summed E-state index contributed by atoms with van der Waals surface area (Å²) in [5.41, 5.74) is 4.80. The molecule has 4 heteroatoms. The molecule has 1 N–H and O–H groups in total. The Hall–Kier alpha value is -2.62. The summed E-state index contributed by atoms with van der Waals surface area (Å²) in [6.45, 7) is 8.60. The minimum Gasteiger partial charge on any atom is -0.319 e. The van der Waals surface area contributed by atoms with Crippen molar-refractivity contribution >= 4 is 11.9 Å². The number of carbonyl (C=O) groups is 2. The first kappa shape index (κ1) is 18.7. The second kappa shape index (κ2) is 6.47. The van der Waals surface area contributed by atoms with E-state index in [1.165, 1.54) is 21.6 Å². The Morgan fingerprint density at radius 1 is 1.00 bits per heavy atom. The fourth-order valence-electron chi connectivity index (χ4n) is 4.21. The van der Waals surface area contributed by atoms with Gasteiger partial charge in [-0.2, -0.15) is 0 Å². The maximum absolute atomic E-state index is 13.2. The molecule has 1 heterocycles. The van der Waals surface area contributed by atoms with Crippen molar-refractivity contribution in [3.05, 3.63) is 70.3 Å². The van der Waals surface area contributed by atoms with Crippen LogP contribution in [-0.4, -0.2) is 16.8 Å². The minimum absolute atomic E-state index is 0.0749. The van der Waals surface area contributed by atoms with Crippen molar-refractivity contribution in [2.24, 2.45) is 0 Å². The lowest BCUT2D eigenvalue weighted by Crippen LogP contribution is -2.40. The molecule has 0 spiro atoms. The third-order valence-electron chi connectivity index (χ3n) is 6.11. The summed E-state index contributed by atoms with van der Waals surface area (Å²) in [5.74, 6) is -0.185. The molecule has 4 nitrogen and oxygen atoms in total. The maximum atomic E-state index is 13.2. The molecule has 1 aliphatic heterocycles. The fourth-order valence-corrected chi connectivity index (χ4v) is 4.21. The Morgan fingerprint density at radius 3 is 2.36 bits per heavy atom. The molecule has 1 unspecified atom stereocenters. The zero-order valence-electron chi connectivity index (χ0n) is 17.1. The molecule has 0 saturated carbocycles. The maximum Gasteiger partial charge on any atom is 0.325 e. The summed E-state index contributed by atoms with van der Waals surface area (Å²) >= 11 is 0. The molecule has 4 rings (SSSR count). The number of amides is 3. The summed E-state index contributed by atoms with van der Waals surface area (Å²) < 4.78 is 0. The normalized spacial score (nSPS) is 21.8. The SMILES string of the molecule is CC(C)(C)c1ccc(CN2C(=O)NC(C)(c3ccc4c(c3)CCC4)C2=O)cc1. The molecule has 0 bridgehead atoms. The number of hydrogen-bond donors (Lipinski definition) is 1. The topological polar surface area (TPSA) is 49.4 Å². The molecule has 0 radical (unpaired) electrons. The van der Waals surface area contributed by atoms with E-state index in [1.807, 2.05) is 25.1 Å². The molecule has 1 saturated heterocycles. The van der Waals surface area contributed by atoms with Gasteiger partial charge in [-0.3, -0.25) is 9.69 Å². The number of nitrogens with one attached hydrogen (secondary N) is 1. The number of imide groups is 1. The molecule has 3 amide bonds. The van der Waals surface area contributed by atoms with Gasteiger partial charge in [-0.15, -0.1) is 0 Å². The van der Waals surface area contributed by atoms with E-state index in [2.05, 4.69) is 50.4 Å². The van der Waals surface area contributed by atoms with Crippen molar-refractivity contribution in [3.8, 4) is 0 Å². The van der Waals surface area contributed by atoms with Crippen LogP contribution in [0.15, 0.2) is 42.5 Å². The third kappa shape index (κ3) is 3.11. The second-order valence-electron chi connectivity index (χ2n) is 9.23. The predicted molar refractivity (Wildman–Crippen MR) is 110 cm³/mol. The summed E-state index contributed by atoms with van der Waals surface area (Å²) in [6, 6.07) is 14.0. The van der Waals surface area contributed by atoms with Crippen LogP contribution in [0.2, 0.25) is 0 Å². The van der Waals surface area contributed by atoms with Crippen LogP contribution in [0.5, 0.6) is 0 Å². The van der Waals surface area contributed by atoms with Crippen molar-refractivity contribution in [3.63, 3.8) is 0 Å². The average molecular weight is 377 g/mol. The summed E-state index contributed by atoms with van der Waals surface area (Å²) in [7, 11) is 0. The van der Waals surface area contributed by atoms with Gasteiger partial charge >= 0.3 is 6.03 Å². The standard InChI is InChI=1S/C24H28N2O2/c1-23(2,3)19-11-8-16(9-12-19)15-26-21(27)24(4,25-22(26)28)20-13-10-17-6-5-7-18(17)14-20/h8-14H,5-7,15H2,1-4H3,(H,25,28). The van der Waals surface area contributed by atoms with Crippen LogP contribution in [-0.2, 0) is 35.1 Å². The molecular formula is C24H28N2O2. The van der Waals surface area contributed by atoms with Gasteiger partial charge in [0.2, 0.25) is 0 Å². The zero-order valence-corrected chi connectivity index (χ0v) is 17.1. The van der Waals surface area contributed by atoms with Crippen molar-refractivity contribution in [1.82, 2.24) is 10.2 Å². The van der Waals surface area contributed by atoms with E-state index in [4.69, 9.17) is 0 Å². The van der Waals surface area contributed by atoms with Crippen molar-refractivity contribution in [1.29, 1.82) is 0 Å². The number of urea groups is 1. The van der Waals surface area contributed by atoms with Crippen LogP contribution in [0.1, 0.15) is 61.9 Å². The minimum atomic E-state index is -1.000. The Labute approximate surface area is 166 Å². The van der Waals surface area contributed by atoms with Crippen LogP contribution in [0.25, 0.3) is 0 Å². The Bertz CT molecular complexity index is 940. The van der Waals surface area contributed by atoms with E-state index < -0.39 is 5.54 Å². The summed E-state index contributed by atoms with van der Waals surface area (Å²) in [4.78, 5) is 27.2. The summed E-state index contributed by atoms with van der Waals surface area (Å²) in [6.07, 6.45) is 3.31. The van der Waals surface area contributed by atoms with Gasteiger partial charge in [-0.05, 0) is 59.4 Å². The smallest absolute Gasteiger partial charge is 0.319 e. The van der Waals surface area contributed by atoms with E-state index in [-0.39, 0.29) is 23.9 Å². The number of carbonyl (C=O) groups excluding carboxylic acids is 2. The van der Waals surface area contributed by atoms with E-state index in [0.717, 1.165) is 30.4 Å². The molecule has 0 aromatic heterocycles. The van der Waals surface area contributed by atoms with E-state index >= 15 is 0 Å². The van der Waals surface area contributed by atoms with Gasteiger partial charge in [0.15, 0.2) is 0 Å².